The molecule has 1 N–H and O–H groups in total. The molecule has 0 spiro atoms. The molecule has 0 saturated carbocycles. The van der Waals surface area contributed by atoms with Gasteiger partial charge in [0.05, 0.1) is 22.5 Å². The summed E-state index contributed by atoms with van der Waals surface area (Å²) < 4.78 is 52.8. The number of rotatable bonds is 4. The van der Waals surface area contributed by atoms with E-state index in [2.05, 4.69) is 4.72 Å². The second-order valence-electron chi connectivity index (χ2n) is 6.28. The Morgan fingerprint density at radius 2 is 1.68 bits per heavy atom. The standard InChI is InChI=1S/C17H20N2O4S2/c1-12-4-7-16(10-13(12)2)25(22,23)18-15-6-5-14-8-9-19(17(14)11-15)24(3,20)21/h4-7,10-11,18H,8-9H2,1-3H3. The molecule has 0 saturated heterocycles. The Morgan fingerprint density at radius 1 is 0.960 bits per heavy atom. The lowest BCUT2D eigenvalue weighted by atomic mass is 10.1. The Labute approximate surface area is 148 Å². The zero-order valence-electron chi connectivity index (χ0n) is 14.3. The van der Waals surface area contributed by atoms with Crippen molar-refractivity contribution in [2.75, 3.05) is 21.8 Å². The zero-order valence-corrected chi connectivity index (χ0v) is 15.9. The van der Waals surface area contributed by atoms with Crippen molar-refractivity contribution in [1.29, 1.82) is 0 Å². The lowest BCUT2D eigenvalue weighted by Gasteiger charge is -2.17. The number of hydrogen-bond acceptors (Lipinski definition) is 4. The smallest absolute Gasteiger partial charge is 0.261 e. The van der Waals surface area contributed by atoms with Gasteiger partial charge in [-0.05, 0) is 61.2 Å². The molecule has 6 nitrogen and oxygen atoms in total. The normalized spacial score (nSPS) is 14.4. The Kier molecular flexibility index (Phi) is 4.28. The predicted molar refractivity (Wildman–Crippen MR) is 99.1 cm³/mol. The van der Waals surface area contributed by atoms with E-state index in [0.29, 0.717) is 24.3 Å². The second-order valence-corrected chi connectivity index (χ2v) is 9.87. The van der Waals surface area contributed by atoms with E-state index in [0.717, 1.165) is 22.9 Å². The van der Waals surface area contributed by atoms with Crippen LogP contribution >= 0.6 is 0 Å². The minimum atomic E-state index is -3.74. The first-order valence-corrected chi connectivity index (χ1v) is 11.1. The first-order chi connectivity index (χ1) is 11.6. The van der Waals surface area contributed by atoms with E-state index in [-0.39, 0.29) is 4.90 Å². The summed E-state index contributed by atoms with van der Waals surface area (Å²) in [5.74, 6) is 0. The number of anilines is 2. The average molecular weight is 380 g/mol. The predicted octanol–water partition coefficient (Wildman–Crippen LogP) is 2.43. The molecular formula is C17H20N2O4S2. The zero-order chi connectivity index (χ0) is 18.4. The molecule has 1 aliphatic heterocycles. The first kappa shape index (κ1) is 17.8. The van der Waals surface area contributed by atoms with Crippen molar-refractivity contribution in [1.82, 2.24) is 0 Å². The van der Waals surface area contributed by atoms with Crippen LogP contribution in [-0.2, 0) is 26.5 Å². The lowest BCUT2D eigenvalue weighted by Crippen LogP contribution is -2.27. The molecule has 0 aliphatic carbocycles. The van der Waals surface area contributed by atoms with Crippen LogP contribution in [0.3, 0.4) is 0 Å². The maximum absolute atomic E-state index is 12.6. The largest absolute Gasteiger partial charge is 0.280 e. The van der Waals surface area contributed by atoms with Crippen LogP contribution in [0.25, 0.3) is 0 Å². The van der Waals surface area contributed by atoms with Crippen molar-refractivity contribution in [2.45, 2.75) is 25.2 Å². The van der Waals surface area contributed by atoms with Gasteiger partial charge >= 0.3 is 0 Å². The van der Waals surface area contributed by atoms with E-state index in [1.807, 2.05) is 13.8 Å². The Hall–Kier alpha value is -2.06. The summed E-state index contributed by atoms with van der Waals surface area (Å²) in [6.45, 7) is 4.15. The molecule has 0 fully saturated rings. The molecule has 3 rings (SSSR count). The molecule has 0 aromatic heterocycles. The van der Waals surface area contributed by atoms with E-state index < -0.39 is 20.0 Å². The van der Waals surface area contributed by atoms with Gasteiger partial charge in [-0.2, -0.15) is 0 Å². The molecule has 0 unspecified atom stereocenters. The van der Waals surface area contributed by atoms with Crippen LogP contribution in [0.5, 0.6) is 0 Å². The SMILES string of the molecule is Cc1ccc(S(=O)(=O)Nc2ccc3c(c2)N(S(C)(=O)=O)CC3)cc1C. The van der Waals surface area contributed by atoms with Crippen molar-refractivity contribution in [3.63, 3.8) is 0 Å². The molecule has 0 radical (unpaired) electrons. The Balaban J connectivity index is 1.95. The maximum atomic E-state index is 12.6. The van der Waals surface area contributed by atoms with Gasteiger partial charge in [0.25, 0.3) is 10.0 Å². The highest BCUT2D eigenvalue weighted by Crippen LogP contribution is 2.33. The molecule has 0 bridgehead atoms. The quantitative estimate of drug-likeness (QED) is 0.883. The number of nitrogens with zero attached hydrogens (tertiary/aromatic N) is 1. The van der Waals surface area contributed by atoms with Crippen LogP contribution in [0.4, 0.5) is 11.4 Å². The highest BCUT2D eigenvalue weighted by Gasteiger charge is 2.27. The molecule has 134 valence electrons. The van der Waals surface area contributed by atoms with Crippen LogP contribution < -0.4 is 9.03 Å². The number of sulfonamides is 2. The van der Waals surface area contributed by atoms with E-state index in [9.17, 15) is 16.8 Å². The summed E-state index contributed by atoms with van der Waals surface area (Å²) >= 11 is 0. The van der Waals surface area contributed by atoms with Gasteiger partial charge in [0, 0.05) is 6.54 Å². The number of benzene rings is 2. The molecule has 2 aromatic rings. The monoisotopic (exact) mass is 380 g/mol. The van der Waals surface area contributed by atoms with Crippen LogP contribution in [0.2, 0.25) is 0 Å². The van der Waals surface area contributed by atoms with Crippen LogP contribution in [0.15, 0.2) is 41.3 Å². The molecule has 1 aliphatic rings. The topological polar surface area (TPSA) is 83.6 Å². The van der Waals surface area contributed by atoms with E-state index in [4.69, 9.17) is 0 Å². The van der Waals surface area contributed by atoms with Gasteiger partial charge in [-0.3, -0.25) is 9.03 Å². The fraction of sp³-hybridized carbons (Fsp3) is 0.294. The van der Waals surface area contributed by atoms with Gasteiger partial charge in [0.2, 0.25) is 10.0 Å². The van der Waals surface area contributed by atoms with Gasteiger partial charge < -0.3 is 0 Å². The molecule has 0 atom stereocenters. The number of fused-ring (bicyclic) bond motifs is 1. The first-order valence-electron chi connectivity index (χ1n) is 7.79. The van der Waals surface area contributed by atoms with Crippen molar-refractivity contribution in [3.05, 3.63) is 53.1 Å². The van der Waals surface area contributed by atoms with Crippen molar-refractivity contribution < 1.29 is 16.8 Å². The molecule has 25 heavy (non-hydrogen) atoms. The minimum absolute atomic E-state index is 0.177. The summed E-state index contributed by atoms with van der Waals surface area (Å²) in [6.07, 6.45) is 1.76. The van der Waals surface area contributed by atoms with Crippen molar-refractivity contribution in [3.8, 4) is 0 Å². The summed E-state index contributed by atoms with van der Waals surface area (Å²) in [7, 11) is -7.12. The third kappa shape index (κ3) is 3.50. The molecule has 2 aromatic carbocycles. The van der Waals surface area contributed by atoms with Gasteiger partial charge in [-0.25, -0.2) is 16.8 Å². The maximum Gasteiger partial charge on any atom is 0.261 e. The summed E-state index contributed by atoms with van der Waals surface area (Å²) in [4.78, 5) is 0.177. The third-order valence-corrected chi connectivity index (χ3v) is 6.94. The fourth-order valence-electron chi connectivity index (χ4n) is 2.85. The number of aryl methyl sites for hydroxylation is 2. The van der Waals surface area contributed by atoms with E-state index in [1.54, 1.807) is 36.4 Å². The van der Waals surface area contributed by atoms with Gasteiger partial charge in [0.1, 0.15) is 0 Å². The van der Waals surface area contributed by atoms with Crippen molar-refractivity contribution in [2.24, 2.45) is 0 Å². The molecule has 1 heterocycles. The highest BCUT2D eigenvalue weighted by molar-refractivity contribution is 7.92. The van der Waals surface area contributed by atoms with E-state index in [1.165, 1.54) is 4.31 Å². The molecule has 8 heteroatoms. The molecular weight excluding hydrogens is 360 g/mol. The highest BCUT2D eigenvalue weighted by atomic mass is 32.2. The van der Waals surface area contributed by atoms with Gasteiger partial charge in [-0.1, -0.05) is 12.1 Å². The van der Waals surface area contributed by atoms with Crippen LogP contribution in [0, 0.1) is 13.8 Å². The Morgan fingerprint density at radius 3 is 2.32 bits per heavy atom. The average Bonchev–Trinajstić information content (AvgIpc) is 2.92. The van der Waals surface area contributed by atoms with E-state index >= 15 is 0 Å². The number of hydrogen-bond donors (Lipinski definition) is 1. The van der Waals surface area contributed by atoms with Crippen LogP contribution in [-0.4, -0.2) is 29.6 Å². The number of nitrogens with one attached hydrogen (secondary N) is 1. The Bertz CT molecular complexity index is 1040. The summed E-state index contributed by atoms with van der Waals surface area (Å²) in [5, 5.41) is 0. The summed E-state index contributed by atoms with van der Waals surface area (Å²) in [5.41, 5.74) is 3.66. The summed E-state index contributed by atoms with van der Waals surface area (Å²) in [6, 6.07) is 9.93. The van der Waals surface area contributed by atoms with Gasteiger partial charge in [0.15, 0.2) is 0 Å². The van der Waals surface area contributed by atoms with Gasteiger partial charge in [-0.15, -0.1) is 0 Å². The third-order valence-electron chi connectivity index (χ3n) is 4.38. The van der Waals surface area contributed by atoms with Crippen molar-refractivity contribution >= 4 is 31.4 Å². The second kappa shape index (κ2) is 6.03. The van der Waals surface area contributed by atoms with Crippen LogP contribution in [0.1, 0.15) is 16.7 Å². The minimum Gasteiger partial charge on any atom is -0.280 e. The lowest BCUT2D eigenvalue weighted by molar-refractivity contribution is 0.597. The molecule has 0 amide bonds. The fourth-order valence-corrected chi connectivity index (χ4v) is 4.94.